The summed E-state index contributed by atoms with van der Waals surface area (Å²) >= 11 is 15.1. The lowest BCUT2D eigenvalue weighted by molar-refractivity contribution is 0.102. The van der Waals surface area contributed by atoms with Crippen molar-refractivity contribution in [2.45, 2.75) is 0 Å². The summed E-state index contributed by atoms with van der Waals surface area (Å²) in [6.45, 7) is 0. The Bertz CT molecular complexity index is 647. The van der Waals surface area contributed by atoms with Gasteiger partial charge in [0.1, 0.15) is 0 Å². The number of carbonyl (C=O) groups excluding carboxylic acids is 1. The van der Waals surface area contributed by atoms with Crippen LogP contribution in [0.4, 0.5) is 11.4 Å². The van der Waals surface area contributed by atoms with Gasteiger partial charge in [-0.05, 0) is 52.3 Å². The summed E-state index contributed by atoms with van der Waals surface area (Å²) in [5.41, 5.74) is 7.10. The number of rotatable bonds is 2. The van der Waals surface area contributed by atoms with Crippen molar-refractivity contribution in [1.82, 2.24) is 0 Å². The zero-order valence-corrected chi connectivity index (χ0v) is 12.7. The molecule has 0 aliphatic carbocycles. The highest BCUT2D eigenvalue weighted by Crippen LogP contribution is 2.26. The van der Waals surface area contributed by atoms with E-state index >= 15 is 0 Å². The quantitative estimate of drug-likeness (QED) is 0.770. The molecule has 1 amide bonds. The number of hydrogen-bond acceptors (Lipinski definition) is 2. The smallest absolute Gasteiger partial charge is 0.256 e. The van der Waals surface area contributed by atoms with Gasteiger partial charge in [0.2, 0.25) is 0 Å². The first-order valence-corrected chi connectivity index (χ1v) is 6.83. The van der Waals surface area contributed by atoms with Gasteiger partial charge >= 0.3 is 0 Å². The molecule has 98 valence electrons. The maximum atomic E-state index is 12.1. The van der Waals surface area contributed by atoms with Crippen molar-refractivity contribution in [1.29, 1.82) is 0 Å². The largest absolute Gasteiger partial charge is 0.399 e. The molecule has 0 saturated carbocycles. The molecular weight excluding hydrogens is 351 g/mol. The Morgan fingerprint density at radius 1 is 1.16 bits per heavy atom. The zero-order valence-electron chi connectivity index (χ0n) is 9.58. The fourth-order valence-electron chi connectivity index (χ4n) is 1.50. The first-order chi connectivity index (χ1) is 8.97. The predicted molar refractivity (Wildman–Crippen MR) is 83.0 cm³/mol. The highest BCUT2D eigenvalue weighted by molar-refractivity contribution is 9.10. The van der Waals surface area contributed by atoms with Gasteiger partial charge in [-0.3, -0.25) is 4.79 Å². The minimum Gasteiger partial charge on any atom is -0.399 e. The Kier molecular flexibility index (Phi) is 4.34. The number of carbonyl (C=O) groups is 1. The van der Waals surface area contributed by atoms with Gasteiger partial charge in [-0.25, -0.2) is 0 Å². The van der Waals surface area contributed by atoms with Crippen molar-refractivity contribution in [3.63, 3.8) is 0 Å². The van der Waals surface area contributed by atoms with Gasteiger partial charge < -0.3 is 11.1 Å². The van der Waals surface area contributed by atoms with Crippen LogP contribution < -0.4 is 11.1 Å². The molecule has 0 bridgehead atoms. The molecule has 0 atom stereocenters. The first kappa shape index (κ1) is 14.2. The third-order valence-corrected chi connectivity index (χ3v) is 3.62. The molecule has 0 radical (unpaired) electrons. The Morgan fingerprint density at radius 2 is 1.89 bits per heavy atom. The van der Waals surface area contributed by atoms with Crippen molar-refractivity contribution in [3.8, 4) is 0 Å². The number of amides is 1. The molecule has 19 heavy (non-hydrogen) atoms. The molecule has 0 heterocycles. The van der Waals surface area contributed by atoms with E-state index < -0.39 is 0 Å². The third-order valence-electron chi connectivity index (χ3n) is 2.42. The van der Waals surface area contributed by atoms with E-state index in [9.17, 15) is 4.79 Å². The second-order valence-corrected chi connectivity index (χ2v) is 5.52. The normalized spacial score (nSPS) is 10.3. The van der Waals surface area contributed by atoms with Gasteiger partial charge in [0.15, 0.2) is 0 Å². The van der Waals surface area contributed by atoms with Gasteiger partial charge in [0.05, 0.1) is 16.3 Å². The van der Waals surface area contributed by atoms with E-state index in [0.717, 1.165) is 0 Å². The molecule has 0 aliphatic rings. The highest BCUT2D eigenvalue weighted by Gasteiger charge is 2.12. The SMILES string of the molecule is Nc1ccc(NC(=O)c2ccc(Cl)cc2Br)c(Cl)c1. The van der Waals surface area contributed by atoms with Crippen molar-refractivity contribution >= 4 is 56.4 Å². The summed E-state index contributed by atoms with van der Waals surface area (Å²) in [7, 11) is 0. The second kappa shape index (κ2) is 5.82. The van der Waals surface area contributed by atoms with Crippen LogP contribution in [0.5, 0.6) is 0 Å². The van der Waals surface area contributed by atoms with Crippen LogP contribution in [0.15, 0.2) is 40.9 Å². The van der Waals surface area contributed by atoms with E-state index in [0.29, 0.717) is 31.5 Å². The lowest BCUT2D eigenvalue weighted by Crippen LogP contribution is -2.12. The van der Waals surface area contributed by atoms with Gasteiger partial charge in [0, 0.05) is 15.2 Å². The van der Waals surface area contributed by atoms with E-state index in [4.69, 9.17) is 28.9 Å². The van der Waals surface area contributed by atoms with Crippen molar-refractivity contribution in [3.05, 3.63) is 56.5 Å². The van der Waals surface area contributed by atoms with Crippen LogP contribution in [0.2, 0.25) is 10.0 Å². The number of halogens is 3. The standard InChI is InChI=1S/C13H9BrCl2N2O/c14-10-5-7(15)1-3-9(10)13(19)18-12-4-2-8(17)6-11(12)16/h1-6H,17H2,(H,18,19). The van der Waals surface area contributed by atoms with E-state index in [1.165, 1.54) is 0 Å². The fraction of sp³-hybridized carbons (Fsp3) is 0. The number of nitrogens with two attached hydrogens (primary N) is 1. The molecule has 0 unspecified atom stereocenters. The summed E-state index contributed by atoms with van der Waals surface area (Å²) < 4.78 is 0.615. The molecule has 0 aliphatic heterocycles. The number of anilines is 2. The van der Waals surface area contributed by atoms with E-state index in [2.05, 4.69) is 21.2 Å². The predicted octanol–water partition coefficient (Wildman–Crippen LogP) is 4.59. The summed E-state index contributed by atoms with van der Waals surface area (Å²) in [4.78, 5) is 12.1. The molecule has 0 fully saturated rings. The molecule has 6 heteroatoms. The Balaban J connectivity index is 2.25. The van der Waals surface area contributed by atoms with Crippen molar-refractivity contribution in [2.24, 2.45) is 0 Å². The zero-order chi connectivity index (χ0) is 14.0. The Labute approximate surface area is 128 Å². The summed E-state index contributed by atoms with van der Waals surface area (Å²) in [6, 6.07) is 9.83. The molecular formula is C13H9BrCl2N2O. The van der Waals surface area contributed by atoms with Crippen molar-refractivity contribution < 1.29 is 4.79 Å². The number of nitrogen functional groups attached to an aromatic ring is 1. The lowest BCUT2D eigenvalue weighted by Gasteiger charge is -2.09. The van der Waals surface area contributed by atoms with Crippen LogP contribution in [0.1, 0.15) is 10.4 Å². The fourth-order valence-corrected chi connectivity index (χ4v) is 2.59. The summed E-state index contributed by atoms with van der Waals surface area (Å²) in [5, 5.41) is 3.65. The van der Waals surface area contributed by atoms with Crippen LogP contribution in [0, 0.1) is 0 Å². The average molecular weight is 360 g/mol. The molecule has 3 nitrogen and oxygen atoms in total. The second-order valence-electron chi connectivity index (χ2n) is 3.82. The molecule has 0 saturated heterocycles. The van der Waals surface area contributed by atoms with Crippen LogP contribution in [0.3, 0.4) is 0 Å². The van der Waals surface area contributed by atoms with Crippen LogP contribution >= 0.6 is 39.1 Å². The molecule has 0 spiro atoms. The van der Waals surface area contributed by atoms with Gasteiger partial charge in [0.25, 0.3) is 5.91 Å². The average Bonchev–Trinajstić information content (AvgIpc) is 2.32. The molecule has 2 rings (SSSR count). The Hall–Kier alpha value is -1.23. The van der Waals surface area contributed by atoms with E-state index in [-0.39, 0.29) is 5.91 Å². The minimum atomic E-state index is -0.282. The van der Waals surface area contributed by atoms with Crippen LogP contribution in [0.25, 0.3) is 0 Å². The number of nitrogens with one attached hydrogen (secondary N) is 1. The summed E-state index contributed by atoms with van der Waals surface area (Å²) in [6.07, 6.45) is 0. The molecule has 3 N–H and O–H groups in total. The van der Waals surface area contributed by atoms with Crippen LogP contribution in [-0.4, -0.2) is 5.91 Å². The molecule has 2 aromatic rings. The lowest BCUT2D eigenvalue weighted by atomic mass is 10.2. The van der Waals surface area contributed by atoms with E-state index in [1.54, 1.807) is 36.4 Å². The topological polar surface area (TPSA) is 55.1 Å². The monoisotopic (exact) mass is 358 g/mol. The highest BCUT2D eigenvalue weighted by atomic mass is 79.9. The van der Waals surface area contributed by atoms with Crippen LogP contribution in [-0.2, 0) is 0 Å². The maximum Gasteiger partial charge on any atom is 0.256 e. The maximum absolute atomic E-state index is 12.1. The number of benzene rings is 2. The summed E-state index contributed by atoms with van der Waals surface area (Å²) in [5.74, 6) is -0.282. The van der Waals surface area contributed by atoms with Gasteiger partial charge in [-0.2, -0.15) is 0 Å². The van der Waals surface area contributed by atoms with Gasteiger partial charge in [-0.15, -0.1) is 0 Å². The molecule has 0 aromatic heterocycles. The van der Waals surface area contributed by atoms with Gasteiger partial charge in [-0.1, -0.05) is 23.2 Å². The van der Waals surface area contributed by atoms with Crippen molar-refractivity contribution in [2.75, 3.05) is 11.1 Å². The minimum absolute atomic E-state index is 0.282. The Morgan fingerprint density at radius 3 is 2.53 bits per heavy atom. The third kappa shape index (κ3) is 3.41. The molecule has 2 aromatic carbocycles. The van der Waals surface area contributed by atoms with E-state index in [1.807, 2.05) is 0 Å². The first-order valence-electron chi connectivity index (χ1n) is 5.29. The number of hydrogen-bond donors (Lipinski definition) is 2.